The first kappa shape index (κ1) is 9.57. The number of benzene rings is 1. The molecule has 0 heterocycles. The van der Waals surface area contributed by atoms with Crippen LogP contribution in [0.15, 0.2) is 24.3 Å². The van der Waals surface area contributed by atoms with Gasteiger partial charge in [0.15, 0.2) is 0 Å². The highest BCUT2D eigenvalue weighted by Crippen LogP contribution is 2.24. The molecule has 1 nitrogen and oxygen atoms in total. The van der Waals surface area contributed by atoms with E-state index < -0.39 is 0 Å². The summed E-state index contributed by atoms with van der Waals surface area (Å²) in [7, 11) is 0. The van der Waals surface area contributed by atoms with E-state index in [1.165, 1.54) is 32.1 Å². The van der Waals surface area contributed by atoms with Crippen LogP contribution in [-0.4, -0.2) is 6.61 Å². The molecule has 0 atom stereocenters. The minimum atomic E-state index is 0.785. The summed E-state index contributed by atoms with van der Waals surface area (Å²) in [5, 5.41) is 0. The third-order valence-electron chi connectivity index (χ3n) is 2.90. The molecule has 0 aliphatic heterocycles. The fourth-order valence-electron chi connectivity index (χ4n) is 2.04. The van der Waals surface area contributed by atoms with Crippen LogP contribution < -0.4 is 4.74 Å². The Bertz CT molecular complexity index is 249. The SMILES string of the molecule is [c]1ccc(OCC2CCCCC2)cc1. The van der Waals surface area contributed by atoms with Crippen LogP contribution in [0, 0.1) is 12.0 Å². The van der Waals surface area contributed by atoms with Gasteiger partial charge in [-0.15, -0.1) is 0 Å². The molecule has 1 heteroatoms. The zero-order valence-corrected chi connectivity index (χ0v) is 8.54. The predicted octanol–water partition coefficient (Wildman–Crippen LogP) is 3.45. The molecule has 1 aromatic carbocycles. The highest BCUT2D eigenvalue weighted by Gasteiger charge is 2.13. The molecule has 0 N–H and O–H groups in total. The van der Waals surface area contributed by atoms with Crippen LogP contribution in [0.4, 0.5) is 0 Å². The quantitative estimate of drug-likeness (QED) is 0.707. The van der Waals surface area contributed by atoms with Crippen molar-refractivity contribution >= 4 is 0 Å². The molecule has 0 bridgehead atoms. The summed E-state index contributed by atoms with van der Waals surface area (Å²) in [5.74, 6) is 1.77. The Morgan fingerprint density at radius 2 is 1.86 bits per heavy atom. The van der Waals surface area contributed by atoms with Gasteiger partial charge in [-0.05, 0) is 37.0 Å². The van der Waals surface area contributed by atoms with Crippen molar-refractivity contribution in [2.45, 2.75) is 32.1 Å². The van der Waals surface area contributed by atoms with Crippen LogP contribution in [-0.2, 0) is 0 Å². The van der Waals surface area contributed by atoms with Crippen molar-refractivity contribution in [1.82, 2.24) is 0 Å². The number of hydrogen-bond donors (Lipinski definition) is 0. The summed E-state index contributed by atoms with van der Waals surface area (Å²) < 4.78 is 5.73. The monoisotopic (exact) mass is 189 g/mol. The first-order valence-electron chi connectivity index (χ1n) is 5.54. The van der Waals surface area contributed by atoms with E-state index in [0.717, 1.165) is 18.3 Å². The fourth-order valence-corrected chi connectivity index (χ4v) is 2.04. The lowest BCUT2D eigenvalue weighted by Crippen LogP contribution is -2.15. The average molecular weight is 189 g/mol. The maximum absolute atomic E-state index is 5.73. The van der Waals surface area contributed by atoms with Crippen molar-refractivity contribution in [3.63, 3.8) is 0 Å². The molecule has 1 aromatic rings. The topological polar surface area (TPSA) is 9.23 Å². The van der Waals surface area contributed by atoms with Crippen molar-refractivity contribution in [3.8, 4) is 5.75 Å². The van der Waals surface area contributed by atoms with Crippen molar-refractivity contribution in [3.05, 3.63) is 30.3 Å². The van der Waals surface area contributed by atoms with Gasteiger partial charge < -0.3 is 4.74 Å². The average Bonchev–Trinajstić information content (AvgIpc) is 2.29. The first-order valence-corrected chi connectivity index (χ1v) is 5.54. The molecule has 1 aliphatic carbocycles. The van der Waals surface area contributed by atoms with Crippen LogP contribution >= 0.6 is 0 Å². The lowest BCUT2D eigenvalue weighted by molar-refractivity contribution is 0.209. The predicted molar refractivity (Wildman–Crippen MR) is 57.3 cm³/mol. The number of ether oxygens (including phenoxy) is 1. The summed E-state index contributed by atoms with van der Waals surface area (Å²) in [4.78, 5) is 0. The molecule has 0 amide bonds. The molecule has 1 fully saturated rings. The van der Waals surface area contributed by atoms with Gasteiger partial charge in [-0.25, -0.2) is 0 Å². The molecule has 0 aromatic heterocycles. The molecule has 75 valence electrons. The van der Waals surface area contributed by atoms with Crippen LogP contribution in [0.2, 0.25) is 0 Å². The summed E-state index contributed by atoms with van der Waals surface area (Å²) in [5.41, 5.74) is 0. The number of hydrogen-bond acceptors (Lipinski definition) is 1. The molecule has 0 saturated heterocycles. The van der Waals surface area contributed by atoms with E-state index in [2.05, 4.69) is 6.07 Å². The van der Waals surface area contributed by atoms with E-state index in [4.69, 9.17) is 4.74 Å². The minimum absolute atomic E-state index is 0.785. The van der Waals surface area contributed by atoms with E-state index in [1.54, 1.807) is 0 Å². The van der Waals surface area contributed by atoms with E-state index in [9.17, 15) is 0 Å². The fraction of sp³-hybridized carbons (Fsp3) is 0.538. The minimum Gasteiger partial charge on any atom is -0.493 e. The van der Waals surface area contributed by atoms with Gasteiger partial charge in [-0.1, -0.05) is 31.4 Å². The molecule has 0 spiro atoms. The Morgan fingerprint density at radius 1 is 1.14 bits per heavy atom. The molecule has 0 unspecified atom stereocenters. The summed E-state index contributed by atoms with van der Waals surface area (Å²) in [6, 6.07) is 10.7. The Kier molecular flexibility index (Phi) is 3.44. The maximum Gasteiger partial charge on any atom is 0.119 e. The largest absolute Gasteiger partial charge is 0.493 e. The lowest BCUT2D eigenvalue weighted by Gasteiger charge is -2.21. The maximum atomic E-state index is 5.73. The summed E-state index contributed by atoms with van der Waals surface area (Å²) in [6.07, 6.45) is 6.88. The second-order valence-electron chi connectivity index (χ2n) is 4.05. The lowest BCUT2D eigenvalue weighted by atomic mass is 9.90. The molecule has 1 radical (unpaired) electrons. The van der Waals surface area contributed by atoms with Crippen molar-refractivity contribution in [1.29, 1.82) is 0 Å². The Hall–Kier alpha value is -0.980. The Morgan fingerprint density at radius 3 is 2.57 bits per heavy atom. The molecule has 1 saturated carbocycles. The zero-order valence-electron chi connectivity index (χ0n) is 8.54. The van der Waals surface area contributed by atoms with Gasteiger partial charge in [0.05, 0.1) is 6.61 Å². The van der Waals surface area contributed by atoms with E-state index >= 15 is 0 Å². The van der Waals surface area contributed by atoms with E-state index in [1.807, 2.05) is 24.3 Å². The van der Waals surface area contributed by atoms with Gasteiger partial charge in [0.1, 0.15) is 5.75 Å². The standard InChI is InChI=1S/C13H17O/c1-3-7-12(8-4-1)11-14-13-9-5-2-6-10-13/h5-6,9-10,12H,1,3-4,7-8,11H2. The third kappa shape index (κ3) is 2.76. The molecular weight excluding hydrogens is 172 g/mol. The van der Waals surface area contributed by atoms with Crippen LogP contribution in [0.1, 0.15) is 32.1 Å². The van der Waals surface area contributed by atoms with E-state index in [-0.39, 0.29) is 0 Å². The Labute approximate surface area is 86.1 Å². The van der Waals surface area contributed by atoms with Crippen LogP contribution in [0.3, 0.4) is 0 Å². The molecule has 1 aliphatic rings. The van der Waals surface area contributed by atoms with Gasteiger partial charge in [-0.2, -0.15) is 0 Å². The molecular formula is C13H17O. The van der Waals surface area contributed by atoms with Gasteiger partial charge >= 0.3 is 0 Å². The van der Waals surface area contributed by atoms with Crippen molar-refractivity contribution in [2.75, 3.05) is 6.61 Å². The van der Waals surface area contributed by atoms with E-state index in [0.29, 0.717) is 0 Å². The molecule has 2 rings (SSSR count). The summed E-state index contributed by atoms with van der Waals surface area (Å²) in [6.45, 7) is 0.893. The Balaban J connectivity index is 1.76. The van der Waals surface area contributed by atoms with Crippen molar-refractivity contribution < 1.29 is 4.74 Å². The van der Waals surface area contributed by atoms with Crippen LogP contribution in [0.25, 0.3) is 0 Å². The van der Waals surface area contributed by atoms with Crippen LogP contribution in [0.5, 0.6) is 5.75 Å². The smallest absolute Gasteiger partial charge is 0.119 e. The third-order valence-corrected chi connectivity index (χ3v) is 2.90. The van der Waals surface area contributed by atoms with Gasteiger partial charge in [0.25, 0.3) is 0 Å². The van der Waals surface area contributed by atoms with Gasteiger partial charge in [0.2, 0.25) is 0 Å². The summed E-state index contributed by atoms with van der Waals surface area (Å²) >= 11 is 0. The normalized spacial score (nSPS) is 18.0. The number of rotatable bonds is 3. The molecule has 14 heavy (non-hydrogen) atoms. The highest BCUT2D eigenvalue weighted by molar-refractivity contribution is 5.20. The zero-order chi connectivity index (χ0) is 9.64. The van der Waals surface area contributed by atoms with Gasteiger partial charge in [-0.3, -0.25) is 0 Å². The first-order chi connectivity index (χ1) is 6.95. The van der Waals surface area contributed by atoms with Gasteiger partial charge in [0, 0.05) is 0 Å². The second-order valence-corrected chi connectivity index (χ2v) is 4.05. The van der Waals surface area contributed by atoms with Crippen molar-refractivity contribution in [2.24, 2.45) is 5.92 Å². The second kappa shape index (κ2) is 5.04. The highest BCUT2D eigenvalue weighted by atomic mass is 16.5.